The zero-order chi connectivity index (χ0) is 18.5. The standard InChI is InChI=1S/C20H17ClN2O3/c1-12-20(19(25)23(22-12)15-6-4-3-5-7-15)16(17(20)18(24)26-2)13-8-10-14(21)11-9-13/h3-11,16-17H,1-2H3/t16-,17+,20-/m1/s1. The Bertz CT molecular complexity index is 910. The first-order chi connectivity index (χ1) is 12.5. The third kappa shape index (κ3) is 2.20. The molecule has 2 aromatic carbocycles. The Kier molecular flexibility index (Phi) is 3.84. The maximum atomic E-state index is 13.4. The molecule has 2 aromatic rings. The van der Waals surface area contributed by atoms with Gasteiger partial charge in [0.25, 0.3) is 5.91 Å². The third-order valence-corrected chi connectivity index (χ3v) is 5.54. The van der Waals surface area contributed by atoms with Crippen LogP contribution in [0.1, 0.15) is 18.4 Å². The smallest absolute Gasteiger partial charge is 0.310 e. The summed E-state index contributed by atoms with van der Waals surface area (Å²) in [6.07, 6.45) is 0. The zero-order valence-electron chi connectivity index (χ0n) is 14.3. The summed E-state index contributed by atoms with van der Waals surface area (Å²) in [5.74, 6) is -1.49. The van der Waals surface area contributed by atoms with Gasteiger partial charge in [0.1, 0.15) is 5.41 Å². The molecule has 132 valence electrons. The number of anilines is 1. The van der Waals surface area contributed by atoms with Gasteiger partial charge in [-0.1, -0.05) is 41.9 Å². The first-order valence-electron chi connectivity index (χ1n) is 8.30. The summed E-state index contributed by atoms with van der Waals surface area (Å²) in [7, 11) is 1.34. The second-order valence-electron chi connectivity index (χ2n) is 6.54. The number of hydrogen-bond acceptors (Lipinski definition) is 4. The molecule has 1 saturated carbocycles. The van der Waals surface area contributed by atoms with Crippen molar-refractivity contribution in [2.75, 3.05) is 12.1 Å². The predicted octanol–water partition coefficient (Wildman–Crippen LogP) is 3.64. The van der Waals surface area contributed by atoms with Crippen molar-refractivity contribution in [3.63, 3.8) is 0 Å². The van der Waals surface area contributed by atoms with Crippen molar-refractivity contribution in [1.82, 2.24) is 0 Å². The third-order valence-electron chi connectivity index (χ3n) is 5.29. The van der Waals surface area contributed by atoms with Crippen molar-refractivity contribution in [3.8, 4) is 0 Å². The number of carbonyl (C=O) groups is 2. The number of benzene rings is 2. The number of para-hydroxylation sites is 1. The normalized spacial score (nSPS) is 26.8. The van der Waals surface area contributed by atoms with Crippen LogP contribution >= 0.6 is 11.6 Å². The highest BCUT2D eigenvalue weighted by molar-refractivity contribution is 6.30. The number of methoxy groups -OCH3 is 1. The van der Waals surface area contributed by atoms with Gasteiger partial charge in [-0.25, -0.2) is 0 Å². The van der Waals surface area contributed by atoms with Crippen LogP contribution in [-0.2, 0) is 14.3 Å². The number of halogens is 1. The Morgan fingerprint density at radius 3 is 2.42 bits per heavy atom. The fourth-order valence-corrected chi connectivity index (χ4v) is 4.16. The number of ether oxygens (including phenoxy) is 1. The van der Waals surface area contributed by atoms with Gasteiger partial charge in [-0.05, 0) is 36.8 Å². The van der Waals surface area contributed by atoms with Crippen LogP contribution < -0.4 is 5.01 Å². The summed E-state index contributed by atoms with van der Waals surface area (Å²) in [6, 6.07) is 16.4. The van der Waals surface area contributed by atoms with E-state index in [1.165, 1.54) is 12.1 Å². The van der Waals surface area contributed by atoms with Gasteiger partial charge in [0, 0.05) is 10.9 Å². The summed E-state index contributed by atoms with van der Waals surface area (Å²) in [6.45, 7) is 1.80. The van der Waals surface area contributed by atoms with Crippen LogP contribution in [0.2, 0.25) is 5.02 Å². The largest absolute Gasteiger partial charge is 0.469 e. The number of hydrogen-bond donors (Lipinski definition) is 0. The van der Waals surface area contributed by atoms with E-state index in [4.69, 9.17) is 16.3 Å². The Morgan fingerprint density at radius 1 is 1.15 bits per heavy atom. The molecule has 1 spiro atoms. The molecule has 1 fully saturated rings. The Hall–Kier alpha value is -2.66. The molecule has 26 heavy (non-hydrogen) atoms. The quantitative estimate of drug-likeness (QED) is 0.777. The molecule has 1 amide bonds. The molecule has 6 heteroatoms. The Labute approximate surface area is 156 Å². The van der Waals surface area contributed by atoms with Crippen molar-refractivity contribution in [2.45, 2.75) is 12.8 Å². The average Bonchev–Trinajstić information content (AvgIpc) is 3.30. The number of rotatable bonds is 3. The Morgan fingerprint density at radius 2 is 1.81 bits per heavy atom. The lowest BCUT2D eigenvalue weighted by atomic mass is 9.93. The van der Waals surface area contributed by atoms with Crippen LogP contribution in [-0.4, -0.2) is 24.7 Å². The first kappa shape index (κ1) is 16.8. The van der Waals surface area contributed by atoms with Crippen LogP contribution in [0.3, 0.4) is 0 Å². The molecule has 0 bridgehead atoms. The SMILES string of the molecule is COC(=O)[C@@H]1[C@@H](c2ccc(Cl)cc2)[C@@]12C(=O)N(c1ccccc1)N=C2C. The first-order valence-corrected chi connectivity index (χ1v) is 8.68. The number of nitrogens with zero attached hydrogens (tertiary/aromatic N) is 2. The molecular weight excluding hydrogens is 352 g/mol. The van der Waals surface area contributed by atoms with Gasteiger partial charge in [-0.3, -0.25) is 9.59 Å². The van der Waals surface area contributed by atoms with Crippen LogP contribution in [0.15, 0.2) is 59.7 Å². The monoisotopic (exact) mass is 368 g/mol. The fourth-order valence-electron chi connectivity index (χ4n) is 4.03. The van der Waals surface area contributed by atoms with Gasteiger partial charge in [0.2, 0.25) is 0 Å². The van der Waals surface area contributed by atoms with E-state index in [9.17, 15) is 9.59 Å². The lowest BCUT2D eigenvalue weighted by Crippen LogP contribution is -2.32. The van der Waals surface area contributed by atoms with Crippen LogP contribution in [0.25, 0.3) is 0 Å². The van der Waals surface area contributed by atoms with E-state index < -0.39 is 17.3 Å². The molecule has 1 aliphatic carbocycles. The molecule has 0 saturated heterocycles. The van der Waals surface area contributed by atoms with E-state index in [0.717, 1.165) is 5.56 Å². The summed E-state index contributed by atoms with van der Waals surface area (Å²) >= 11 is 5.98. The molecule has 1 heterocycles. The minimum Gasteiger partial charge on any atom is -0.469 e. The topological polar surface area (TPSA) is 59.0 Å². The van der Waals surface area contributed by atoms with Crippen LogP contribution in [0.5, 0.6) is 0 Å². The predicted molar refractivity (Wildman–Crippen MR) is 99.2 cm³/mol. The van der Waals surface area contributed by atoms with E-state index in [2.05, 4.69) is 5.10 Å². The molecule has 2 aliphatic rings. The van der Waals surface area contributed by atoms with Gasteiger partial charge in [0.15, 0.2) is 0 Å². The van der Waals surface area contributed by atoms with E-state index in [1.807, 2.05) is 42.5 Å². The van der Waals surface area contributed by atoms with Gasteiger partial charge in [-0.15, -0.1) is 0 Å². The summed E-state index contributed by atoms with van der Waals surface area (Å²) in [4.78, 5) is 25.8. The van der Waals surface area contributed by atoms with Gasteiger partial charge >= 0.3 is 5.97 Å². The number of hydrazone groups is 1. The summed E-state index contributed by atoms with van der Waals surface area (Å²) < 4.78 is 4.98. The average molecular weight is 369 g/mol. The van der Waals surface area contributed by atoms with Crippen LogP contribution in [0, 0.1) is 11.3 Å². The molecule has 0 N–H and O–H groups in total. The lowest BCUT2D eigenvalue weighted by molar-refractivity contribution is -0.143. The van der Waals surface area contributed by atoms with Crippen molar-refractivity contribution in [3.05, 3.63) is 65.2 Å². The van der Waals surface area contributed by atoms with E-state index >= 15 is 0 Å². The Balaban J connectivity index is 1.78. The molecule has 1 aliphatic heterocycles. The van der Waals surface area contributed by atoms with Gasteiger partial charge < -0.3 is 4.74 Å². The van der Waals surface area contributed by atoms with Crippen molar-refractivity contribution in [2.24, 2.45) is 16.4 Å². The highest BCUT2D eigenvalue weighted by Crippen LogP contribution is 2.68. The molecular formula is C20H17ClN2O3. The van der Waals surface area contributed by atoms with Gasteiger partial charge in [0.05, 0.1) is 24.4 Å². The van der Waals surface area contributed by atoms with E-state index in [-0.39, 0.29) is 11.8 Å². The second-order valence-corrected chi connectivity index (χ2v) is 6.97. The summed E-state index contributed by atoms with van der Waals surface area (Å²) in [5, 5.41) is 6.48. The second kappa shape index (κ2) is 5.95. The zero-order valence-corrected chi connectivity index (χ0v) is 15.1. The number of amides is 1. The number of carbonyl (C=O) groups excluding carboxylic acids is 2. The van der Waals surface area contributed by atoms with E-state index in [1.54, 1.807) is 19.1 Å². The van der Waals surface area contributed by atoms with Crippen LogP contribution in [0.4, 0.5) is 5.69 Å². The summed E-state index contributed by atoms with van der Waals surface area (Å²) in [5.41, 5.74) is 1.19. The lowest BCUT2D eigenvalue weighted by Gasteiger charge is -2.14. The fraction of sp³-hybridized carbons (Fsp3) is 0.250. The molecule has 4 rings (SSSR count). The minimum absolute atomic E-state index is 0.198. The highest BCUT2D eigenvalue weighted by Gasteiger charge is 2.78. The van der Waals surface area contributed by atoms with Crippen molar-refractivity contribution < 1.29 is 14.3 Å². The molecule has 0 unspecified atom stereocenters. The van der Waals surface area contributed by atoms with E-state index in [0.29, 0.717) is 16.4 Å². The highest BCUT2D eigenvalue weighted by atomic mass is 35.5. The molecule has 0 radical (unpaired) electrons. The van der Waals surface area contributed by atoms with Crippen molar-refractivity contribution >= 4 is 34.9 Å². The van der Waals surface area contributed by atoms with Gasteiger partial charge in [-0.2, -0.15) is 10.1 Å². The van der Waals surface area contributed by atoms with Crippen molar-refractivity contribution in [1.29, 1.82) is 0 Å². The molecule has 0 aromatic heterocycles. The maximum Gasteiger partial charge on any atom is 0.310 e. The minimum atomic E-state index is -0.989. The molecule has 5 nitrogen and oxygen atoms in total. The number of esters is 1. The maximum absolute atomic E-state index is 13.4. The molecule has 3 atom stereocenters.